The molecule has 0 saturated carbocycles. The number of nitrogens with one attached hydrogen (secondary N) is 2. The van der Waals surface area contributed by atoms with E-state index in [1.807, 2.05) is 0 Å². The van der Waals surface area contributed by atoms with Crippen molar-refractivity contribution in [1.82, 2.24) is 10.6 Å². The highest BCUT2D eigenvalue weighted by atomic mass is 16.5. The van der Waals surface area contributed by atoms with Crippen LogP contribution in [0, 0.1) is 0 Å². The van der Waals surface area contributed by atoms with Crippen LogP contribution in [0.4, 0.5) is 0 Å². The smallest absolute Gasteiger partial charge is 0.255 e. The van der Waals surface area contributed by atoms with E-state index in [4.69, 9.17) is 9.47 Å². The van der Waals surface area contributed by atoms with Gasteiger partial charge in [-0.05, 0) is 45.0 Å². The summed E-state index contributed by atoms with van der Waals surface area (Å²) in [7, 11) is 3.11. The number of hydrogen-bond acceptors (Lipinski definition) is 4. The van der Waals surface area contributed by atoms with Gasteiger partial charge in [-0.15, -0.1) is 0 Å². The number of hydrogen-bond donors (Lipinski definition) is 2. The summed E-state index contributed by atoms with van der Waals surface area (Å²) in [6, 6.07) is 5.32. The molecule has 1 aliphatic rings. The third kappa shape index (κ3) is 3.04. The lowest BCUT2D eigenvalue weighted by atomic mass is 9.90. The van der Waals surface area contributed by atoms with E-state index in [1.165, 1.54) is 0 Å². The molecule has 1 aromatic carbocycles. The second kappa shape index (κ2) is 6.13. The molecular formula is C15H22N2O3. The monoisotopic (exact) mass is 278 g/mol. The van der Waals surface area contributed by atoms with Crippen molar-refractivity contribution >= 4 is 5.91 Å². The van der Waals surface area contributed by atoms with Crippen molar-refractivity contribution in [1.29, 1.82) is 0 Å². The number of carbonyl (C=O) groups is 1. The first-order valence-corrected chi connectivity index (χ1v) is 6.84. The predicted octanol–water partition coefficient (Wildman–Crippen LogP) is 1.58. The topological polar surface area (TPSA) is 59.6 Å². The fourth-order valence-electron chi connectivity index (χ4n) is 2.51. The van der Waals surface area contributed by atoms with E-state index in [0.29, 0.717) is 17.1 Å². The van der Waals surface area contributed by atoms with E-state index >= 15 is 0 Å². The Balaban J connectivity index is 2.20. The van der Waals surface area contributed by atoms with Gasteiger partial charge in [-0.2, -0.15) is 0 Å². The lowest BCUT2D eigenvalue weighted by molar-refractivity contribution is 0.0884. The van der Waals surface area contributed by atoms with Crippen LogP contribution in [0.2, 0.25) is 0 Å². The van der Waals surface area contributed by atoms with E-state index in [0.717, 1.165) is 25.9 Å². The average molecular weight is 278 g/mol. The van der Waals surface area contributed by atoms with E-state index < -0.39 is 0 Å². The molecule has 2 N–H and O–H groups in total. The van der Waals surface area contributed by atoms with Crippen LogP contribution in [0.5, 0.6) is 11.5 Å². The summed E-state index contributed by atoms with van der Waals surface area (Å²) in [6.45, 7) is 3.93. The first-order valence-electron chi connectivity index (χ1n) is 6.84. The molecule has 110 valence electrons. The number of rotatable bonds is 4. The van der Waals surface area contributed by atoms with Gasteiger partial charge in [0.15, 0.2) is 11.5 Å². The molecule has 20 heavy (non-hydrogen) atoms. The number of para-hydroxylation sites is 1. The molecule has 1 fully saturated rings. The quantitative estimate of drug-likeness (QED) is 0.878. The van der Waals surface area contributed by atoms with Gasteiger partial charge in [0.05, 0.1) is 19.8 Å². The lowest BCUT2D eigenvalue weighted by Crippen LogP contribution is -2.52. The molecule has 0 atom stereocenters. The van der Waals surface area contributed by atoms with Gasteiger partial charge in [0.2, 0.25) is 0 Å². The Bertz CT molecular complexity index is 482. The van der Waals surface area contributed by atoms with Crippen LogP contribution >= 0.6 is 0 Å². The van der Waals surface area contributed by atoms with Gasteiger partial charge < -0.3 is 20.1 Å². The Morgan fingerprint density at radius 1 is 1.25 bits per heavy atom. The molecule has 0 aromatic heterocycles. The maximum Gasteiger partial charge on any atom is 0.255 e. The van der Waals surface area contributed by atoms with Crippen molar-refractivity contribution in [3.63, 3.8) is 0 Å². The molecule has 1 aromatic rings. The van der Waals surface area contributed by atoms with E-state index in [1.54, 1.807) is 32.4 Å². The predicted molar refractivity (Wildman–Crippen MR) is 77.5 cm³/mol. The third-order valence-electron chi connectivity index (χ3n) is 3.77. The first-order chi connectivity index (χ1) is 9.59. The lowest BCUT2D eigenvalue weighted by Gasteiger charge is -2.35. The average Bonchev–Trinajstić information content (AvgIpc) is 2.46. The van der Waals surface area contributed by atoms with Crippen LogP contribution in [-0.4, -0.2) is 38.8 Å². The van der Waals surface area contributed by atoms with Crippen molar-refractivity contribution in [2.75, 3.05) is 27.3 Å². The minimum absolute atomic E-state index is 0.120. The Hall–Kier alpha value is -1.75. The van der Waals surface area contributed by atoms with E-state index in [-0.39, 0.29) is 11.4 Å². The van der Waals surface area contributed by atoms with Crippen LogP contribution in [0.3, 0.4) is 0 Å². The zero-order valence-corrected chi connectivity index (χ0v) is 12.3. The van der Waals surface area contributed by atoms with Gasteiger partial charge in [0.1, 0.15) is 0 Å². The highest BCUT2D eigenvalue weighted by Crippen LogP contribution is 2.31. The van der Waals surface area contributed by atoms with Gasteiger partial charge in [-0.1, -0.05) is 6.07 Å². The Labute approximate surface area is 119 Å². The summed E-state index contributed by atoms with van der Waals surface area (Å²) in [5.41, 5.74) is 0.336. The second-order valence-electron chi connectivity index (χ2n) is 5.31. The Kier molecular flexibility index (Phi) is 4.49. The summed E-state index contributed by atoms with van der Waals surface area (Å²) < 4.78 is 10.5. The number of benzene rings is 1. The zero-order valence-electron chi connectivity index (χ0n) is 12.3. The maximum absolute atomic E-state index is 12.5. The minimum Gasteiger partial charge on any atom is -0.493 e. The third-order valence-corrected chi connectivity index (χ3v) is 3.77. The van der Waals surface area contributed by atoms with Gasteiger partial charge in [0.25, 0.3) is 5.91 Å². The SMILES string of the molecule is COc1cccc(C(=O)NC2(C)CCNCC2)c1OC. The molecule has 1 amide bonds. The molecule has 0 radical (unpaired) electrons. The van der Waals surface area contributed by atoms with Crippen LogP contribution in [0.25, 0.3) is 0 Å². The molecule has 1 saturated heterocycles. The van der Waals surface area contributed by atoms with E-state index in [9.17, 15) is 4.79 Å². The molecule has 1 aliphatic heterocycles. The summed E-state index contributed by atoms with van der Waals surface area (Å²) >= 11 is 0. The molecule has 0 spiro atoms. The highest BCUT2D eigenvalue weighted by molar-refractivity contribution is 5.98. The summed E-state index contributed by atoms with van der Waals surface area (Å²) in [4.78, 5) is 12.5. The van der Waals surface area contributed by atoms with Crippen molar-refractivity contribution in [2.24, 2.45) is 0 Å². The van der Waals surface area contributed by atoms with Gasteiger partial charge in [0, 0.05) is 5.54 Å². The Morgan fingerprint density at radius 3 is 2.55 bits per heavy atom. The number of amides is 1. The molecule has 0 unspecified atom stereocenters. The van der Waals surface area contributed by atoms with Gasteiger partial charge >= 0.3 is 0 Å². The largest absolute Gasteiger partial charge is 0.493 e. The minimum atomic E-state index is -0.170. The van der Waals surface area contributed by atoms with Crippen molar-refractivity contribution in [3.05, 3.63) is 23.8 Å². The van der Waals surface area contributed by atoms with Crippen LogP contribution in [-0.2, 0) is 0 Å². The number of piperidine rings is 1. The van der Waals surface area contributed by atoms with Crippen molar-refractivity contribution in [2.45, 2.75) is 25.3 Å². The van der Waals surface area contributed by atoms with E-state index in [2.05, 4.69) is 17.6 Å². The van der Waals surface area contributed by atoms with Crippen molar-refractivity contribution in [3.8, 4) is 11.5 Å². The van der Waals surface area contributed by atoms with Gasteiger partial charge in [-0.25, -0.2) is 0 Å². The summed E-state index contributed by atoms with van der Waals surface area (Å²) in [5.74, 6) is 0.922. The van der Waals surface area contributed by atoms with Crippen molar-refractivity contribution < 1.29 is 14.3 Å². The molecule has 0 bridgehead atoms. The standard InChI is InChI=1S/C15H22N2O3/c1-15(7-9-16-10-8-15)17-14(18)11-5-4-6-12(19-2)13(11)20-3/h4-6,16H,7-10H2,1-3H3,(H,17,18). The van der Waals surface area contributed by atoms with Crippen LogP contribution < -0.4 is 20.1 Å². The maximum atomic E-state index is 12.5. The number of ether oxygens (including phenoxy) is 2. The fourth-order valence-corrected chi connectivity index (χ4v) is 2.51. The number of methoxy groups -OCH3 is 2. The second-order valence-corrected chi connectivity index (χ2v) is 5.31. The highest BCUT2D eigenvalue weighted by Gasteiger charge is 2.29. The summed E-state index contributed by atoms with van der Waals surface area (Å²) in [6.07, 6.45) is 1.84. The van der Waals surface area contributed by atoms with Gasteiger partial charge in [-0.3, -0.25) is 4.79 Å². The molecule has 2 rings (SSSR count). The molecule has 1 heterocycles. The molecule has 0 aliphatic carbocycles. The summed E-state index contributed by atoms with van der Waals surface area (Å²) in [5, 5.41) is 6.42. The van der Waals surface area contributed by atoms with Crippen LogP contribution in [0.1, 0.15) is 30.1 Å². The molecule has 5 heteroatoms. The van der Waals surface area contributed by atoms with Crippen LogP contribution in [0.15, 0.2) is 18.2 Å². The zero-order chi connectivity index (χ0) is 14.6. The fraction of sp³-hybridized carbons (Fsp3) is 0.533. The Morgan fingerprint density at radius 2 is 1.95 bits per heavy atom. The number of carbonyl (C=O) groups excluding carboxylic acids is 1. The normalized spacial score (nSPS) is 17.4. The molecule has 5 nitrogen and oxygen atoms in total. The first kappa shape index (κ1) is 14.7. The molecular weight excluding hydrogens is 256 g/mol.